The number of carbonyl (C=O) groups is 2. The average Bonchev–Trinajstić information content (AvgIpc) is 2.59. The zero-order valence-electron chi connectivity index (χ0n) is 16.5. The van der Waals surface area contributed by atoms with Gasteiger partial charge in [0.25, 0.3) is 5.91 Å². The summed E-state index contributed by atoms with van der Waals surface area (Å²) in [5, 5.41) is 5.53. The van der Waals surface area contributed by atoms with Crippen molar-refractivity contribution in [2.45, 2.75) is 32.9 Å². The Balaban J connectivity index is 1.88. The first kappa shape index (κ1) is 20.3. The van der Waals surface area contributed by atoms with E-state index in [2.05, 4.69) is 10.6 Å². The molecular weight excluding hydrogens is 342 g/mol. The smallest absolute Gasteiger partial charge is 0.412 e. The Morgan fingerprint density at radius 2 is 1.56 bits per heavy atom. The van der Waals surface area contributed by atoms with E-state index in [1.54, 1.807) is 45.0 Å². The van der Waals surface area contributed by atoms with Crippen LogP contribution in [-0.4, -0.2) is 31.7 Å². The summed E-state index contributed by atoms with van der Waals surface area (Å²) >= 11 is 0. The highest BCUT2D eigenvalue weighted by Crippen LogP contribution is 2.14. The second-order valence-corrected chi connectivity index (χ2v) is 7.45. The van der Waals surface area contributed by atoms with Crippen LogP contribution in [0.3, 0.4) is 0 Å². The largest absolute Gasteiger partial charge is 0.444 e. The van der Waals surface area contributed by atoms with E-state index in [9.17, 15) is 9.59 Å². The third kappa shape index (κ3) is 6.66. The molecule has 0 aliphatic rings. The van der Waals surface area contributed by atoms with Gasteiger partial charge in [-0.05, 0) is 62.7 Å². The van der Waals surface area contributed by atoms with Gasteiger partial charge >= 0.3 is 6.09 Å². The minimum Gasteiger partial charge on any atom is -0.444 e. The number of hydrogen-bond donors (Lipinski definition) is 2. The molecule has 0 aliphatic carbocycles. The van der Waals surface area contributed by atoms with E-state index in [0.717, 1.165) is 11.3 Å². The summed E-state index contributed by atoms with van der Waals surface area (Å²) in [4.78, 5) is 26.1. The highest BCUT2D eigenvalue weighted by molar-refractivity contribution is 5.95. The fourth-order valence-electron chi connectivity index (χ4n) is 2.32. The fraction of sp³-hybridized carbons (Fsp3) is 0.333. The van der Waals surface area contributed by atoms with Crippen molar-refractivity contribution in [1.29, 1.82) is 0 Å². The molecule has 0 aliphatic heterocycles. The minimum absolute atomic E-state index is 0.171. The number of benzene rings is 2. The molecule has 0 fully saturated rings. The standard InChI is InChI=1S/C21H27N3O3/c1-21(2,3)27-20(26)23-17-10-8-16(9-11-17)19(25)22-14-15-6-12-18(13-7-15)24(4)5/h6-13H,14H2,1-5H3,(H,22,25)(H,23,26). The second kappa shape index (κ2) is 8.58. The van der Waals surface area contributed by atoms with Crippen LogP contribution in [0.15, 0.2) is 48.5 Å². The zero-order chi connectivity index (χ0) is 20.0. The lowest BCUT2D eigenvalue weighted by atomic mass is 10.1. The molecule has 0 bridgehead atoms. The van der Waals surface area contributed by atoms with Gasteiger partial charge in [0.2, 0.25) is 0 Å². The Bertz CT molecular complexity index is 776. The van der Waals surface area contributed by atoms with E-state index in [4.69, 9.17) is 4.74 Å². The monoisotopic (exact) mass is 369 g/mol. The number of amides is 2. The molecule has 27 heavy (non-hydrogen) atoms. The van der Waals surface area contributed by atoms with Crippen molar-refractivity contribution in [3.05, 3.63) is 59.7 Å². The van der Waals surface area contributed by atoms with Gasteiger partial charge in [0.05, 0.1) is 0 Å². The van der Waals surface area contributed by atoms with Crippen LogP contribution in [0, 0.1) is 0 Å². The van der Waals surface area contributed by atoms with Gasteiger partial charge in [0, 0.05) is 37.6 Å². The number of ether oxygens (including phenoxy) is 1. The van der Waals surface area contributed by atoms with Crippen LogP contribution < -0.4 is 15.5 Å². The van der Waals surface area contributed by atoms with Crippen molar-refractivity contribution in [1.82, 2.24) is 5.32 Å². The van der Waals surface area contributed by atoms with Gasteiger partial charge in [-0.15, -0.1) is 0 Å². The average molecular weight is 369 g/mol. The highest BCUT2D eigenvalue weighted by Gasteiger charge is 2.16. The van der Waals surface area contributed by atoms with Gasteiger partial charge in [-0.1, -0.05) is 12.1 Å². The first-order chi connectivity index (χ1) is 12.6. The second-order valence-electron chi connectivity index (χ2n) is 7.45. The van der Waals surface area contributed by atoms with Crippen molar-refractivity contribution in [3.63, 3.8) is 0 Å². The van der Waals surface area contributed by atoms with Crippen LogP contribution in [0.5, 0.6) is 0 Å². The summed E-state index contributed by atoms with van der Waals surface area (Å²) in [6, 6.07) is 14.7. The molecule has 0 unspecified atom stereocenters. The number of carbonyl (C=O) groups excluding carboxylic acids is 2. The lowest BCUT2D eigenvalue weighted by Crippen LogP contribution is -2.27. The fourth-order valence-corrected chi connectivity index (χ4v) is 2.32. The molecule has 2 aromatic carbocycles. The molecule has 6 heteroatoms. The number of anilines is 2. The highest BCUT2D eigenvalue weighted by atomic mass is 16.6. The number of hydrogen-bond acceptors (Lipinski definition) is 4. The maximum atomic E-state index is 12.3. The third-order valence-corrected chi connectivity index (χ3v) is 3.70. The third-order valence-electron chi connectivity index (χ3n) is 3.70. The van der Waals surface area contributed by atoms with E-state index in [1.807, 2.05) is 43.3 Å². The van der Waals surface area contributed by atoms with Gasteiger partial charge < -0.3 is 15.0 Å². The summed E-state index contributed by atoms with van der Waals surface area (Å²) in [7, 11) is 3.97. The summed E-state index contributed by atoms with van der Waals surface area (Å²) in [5.74, 6) is -0.171. The number of rotatable bonds is 5. The molecule has 0 radical (unpaired) electrons. The number of nitrogens with zero attached hydrogens (tertiary/aromatic N) is 1. The molecule has 2 aromatic rings. The van der Waals surface area contributed by atoms with Gasteiger partial charge in [-0.3, -0.25) is 10.1 Å². The summed E-state index contributed by atoms with van der Waals surface area (Å²) < 4.78 is 5.20. The molecule has 0 aromatic heterocycles. The van der Waals surface area contributed by atoms with Crippen molar-refractivity contribution in [3.8, 4) is 0 Å². The molecule has 2 amide bonds. The lowest BCUT2D eigenvalue weighted by Gasteiger charge is -2.19. The van der Waals surface area contributed by atoms with Crippen LogP contribution in [0.2, 0.25) is 0 Å². The van der Waals surface area contributed by atoms with E-state index < -0.39 is 11.7 Å². The predicted molar refractivity (Wildman–Crippen MR) is 108 cm³/mol. The predicted octanol–water partition coefficient (Wildman–Crippen LogP) is 4.03. The quantitative estimate of drug-likeness (QED) is 0.835. The van der Waals surface area contributed by atoms with Gasteiger partial charge in [-0.25, -0.2) is 4.79 Å². The molecule has 2 N–H and O–H groups in total. The zero-order valence-corrected chi connectivity index (χ0v) is 16.5. The van der Waals surface area contributed by atoms with Gasteiger partial charge in [-0.2, -0.15) is 0 Å². The van der Waals surface area contributed by atoms with Crippen molar-refractivity contribution < 1.29 is 14.3 Å². The van der Waals surface area contributed by atoms with Crippen LogP contribution >= 0.6 is 0 Å². The van der Waals surface area contributed by atoms with Crippen molar-refractivity contribution in [2.24, 2.45) is 0 Å². The Morgan fingerprint density at radius 1 is 0.963 bits per heavy atom. The first-order valence-electron chi connectivity index (χ1n) is 8.78. The molecule has 0 atom stereocenters. The Morgan fingerprint density at radius 3 is 2.07 bits per heavy atom. The van der Waals surface area contributed by atoms with Gasteiger partial charge in [0.1, 0.15) is 5.60 Å². The molecule has 0 saturated heterocycles. The molecule has 0 spiro atoms. The maximum Gasteiger partial charge on any atom is 0.412 e. The molecule has 144 valence electrons. The molecule has 0 heterocycles. The Hall–Kier alpha value is -3.02. The molecule has 0 saturated carbocycles. The lowest BCUT2D eigenvalue weighted by molar-refractivity contribution is 0.0635. The Kier molecular flexibility index (Phi) is 6.45. The summed E-state index contributed by atoms with van der Waals surface area (Å²) in [6.07, 6.45) is -0.527. The number of nitrogens with one attached hydrogen (secondary N) is 2. The van der Waals surface area contributed by atoms with Crippen LogP contribution in [0.25, 0.3) is 0 Å². The van der Waals surface area contributed by atoms with Crippen LogP contribution in [-0.2, 0) is 11.3 Å². The van der Waals surface area contributed by atoms with Crippen LogP contribution in [0.4, 0.5) is 16.2 Å². The maximum absolute atomic E-state index is 12.3. The summed E-state index contributed by atoms with van der Waals surface area (Å²) in [5.41, 5.74) is 2.67. The molecule has 2 rings (SSSR count). The van der Waals surface area contributed by atoms with E-state index in [1.165, 1.54) is 0 Å². The van der Waals surface area contributed by atoms with Crippen LogP contribution in [0.1, 0.15) is 36.7 Å². The van der Waals surface area contributed by atoms with Crippen molar-refractivity contribution >= 4 is 23.4 Å². The first-order valence-corrected chi connectivity index (χ1v) is 8.78. The summed E-state index contributed by atoms with van der Waals surface area (Å²) in [6.45, 7) is 5.85. The van der Waals surface area contributed by atoms with E-state index >= 15 is 0 Å². The molecular formula is C21H27N3O3. The minimum atomic E-state index is -0.561. The normalized spacial score (nSPS) is 10.9. The Labute approximate surface area is 160 Å². The van der Waals surface area contributed by atoms with E-state index in [-0.39, 0.29) is 5.91 Å². The topological polar surface area (TPSA) is 70.7 Å². The SMILES string of the molecule is CN(C)c1ccc(CNC(=O)c2ccc(NC(=O)OC(C)(C)C)cc2)cc1. The van der Waals surface area contributed by atoms with Crippen molar-refractivity contribution in [2.75, 3.05) is 24.3 Å². The molecule has 6 nitrogen and oxygen atoms in total. The van der Waals surface area contributed by atoms with Gasteiger partial charge in [0.15, 0.2) is 0 Å². The van der Waals surface area contributed by atoms with E-state index in [0.29, 0.717) is 17.8 Å².